The van der Waals surface area contributed by atoms with Crippen LogP contribution in [0, 0.1) is 6.92 Å². The number of aromatic nitrogens is 1. The van der Waals surface area contributed by atoms with Crippen molar-refractivity contribution in [2.45, 2.75) is 13.8 Å². The number of hydrogen-bond acceptors (Lipinski definition) is 2. The zero-order valence-corrected chi connectivity index (χ0v) is 8.57. The number of aryl methyl sites for hydroxylation is 1. The molecule has 1 aromatic rings. The second kappa shape index (κ2) is 5.12. The van der Waals surface area contributed by atoms with Gasteiger partial charge in [-0.05, 0) is 43.8 Å². The number of nitrogens with zero attached hydrogens (tertiary/aromatic N) is 2. The molecule has 2 heteroatoms. The van der Waals surface area contributed by atoms with Gasteiger partial charge < -0.3 is 0 Å². The lowest BCUT2D eigenvalue weighted by molar-refractivity contribution is 1.22. The Labute approximate surface area is 84.7 Å². The lowest BCUT2D eigenvalue weighted by Crippen LogP contribution is -1.90. The summed E-state index contributed by atoms with van der Waals surface area (Å²) in [6.45, 7) is 7.42. The van der Waals surface area contributed by atoms with E-state index in [1.54, 1.807) is 12.4 Å². The van der Waals surface area contributed by atoms with E-state index in [0.717, 1.165) is 16.8 Å². The van der Waals surface area contributed by atoms with Gasteiger partial charge in [0.2, 0.25) is 0 Å². The van der Waals surface area contributed by atoms with Gasteiger partial charge in [0.25, 0.3) is 0 Å². The van der Waals surface area contributed by atoms with Gasteiger partial charge in [-0.1, -0.05) is 12.1 Å². The molecule has 2 nitrogen and oxygen atoms in total. The molecule has 0 aliphatic carbocycles. The van der Waals surface area contributed by atoms with Crippen molar-refractivity contribution in [2.24, 2.45) is 4.99 Å². The third-order valence-electron chi connectivity index (χ3n) is 1.95. The first-order chi connectivity index (χ1) is 6.79. The smallest absolute Gasteiger partial charge is 0.0728 e. The average molecular weight is 186 g/mol. The number of rotatable bonds is 3. The van der Waals surface area contributed by atoms with Crippen molar-refractivity contribution in [1.29, 1.82) is 0 Å². The first-order valence-electron chi connectivity index (χ1n) is 4.50. The fourth-order valence-corrected chi connectivity index (χ4v) is 1.23. The molecule has 1 rings (SSSR count). The van der Waals surface area contributed by atoms with Crippen LogP contribution in [0.15, 0.2) is 41.7 Å². The van der Waals surface area contributed by atoms with Crippen LogP contribution in [-0.2, 0) is 0 Å². The van der Waals surface area contributed by atoms with Gasteiger partial charge in [0, 0.05) is 12.4 Å². The predicted molar refractivity (Wildman–Crippen MR) is 61.3 cm³/mol. The van der Waals surface area contributed by atoms with Crippen LogP contribution in [0.5, 0.6) is 0 Å². The van der Waals surface area contributed by atoms with Crippen LogP contribution < -0.4 is 0 Å². The molecule has 0 amide bonds. The van der Waals surface area contributed by atoms with Crippen molar-refractivity contribution in [3.63, 3.8) is 0 Å². The summed E-state index contributed by atoms with van der Waals surface area (Å²) < 4.78 is 0. The minimum absolute atomic E-state index is 0.995. The molecule has 0 radical (unpaired) electrons. The zero-order chi connectivity index (χ0) is 10.4. The molecule has 1 heterocycles. The molecule has 0 N–H and O–H groups in total. The molecule has 0 saturated heterocycles. The molecule has 0 aliphatic heterocycles. The number of aliphatic imine (C=N–C) groups is 1. The first kappa shape index (κ1) is 10.4. The molecule has 0 saturated carbocycles. The van der Waals surface area contributed by atoms with Crippen LogP contribution in [-0.4, -0.2) is 11.7 Å². The molecule has 0 fully saturated rings. The molecule has 1 aromatic heterocycles. The molecular formula is C12H14N2. The third-order valence-corrected chi connectivity index (χ3v) is 1.95. The maximum Gasteiger partial charge on any atom is 0.0728 e. The van der Waals surface area contributed by atoms with E-state index in [0.29, 0.717) is 0 Å². The van der Waals surface area contributed by atoms with Crippen LogP contribution in [0.1, 0.15) is 18.2 Å². The standard InChI is InChI=1S/C12H14N2/c1-4-11(7-9-13-3)12-10(2)6-5-8-14-12/h4-9H,3H2,1-2H3/b9-7-,11-4+. The van der Waals surface area contributed by atoms with Gasteiger partial charge in [0.1, 0.15) is 0 Å². The van der Waals surface area contributed by atoms with Crippen LogP contribution in [0.4, 0.5) is 0 Å². The van der Waals surface area contributed by atoms with Crippen molar-refractivity contribution in [2.75, 3.05) is 0 Å². The van der Waals surface area contributed by atoms with E-state index < -0.39 is 0 Å². The zero-order valence-electron chi connectivity index (χ0n) is 8.57. The Morgan fingerprint density at radius 3 is 2.93 bits per heavy atom. The second-order valence-electron chi connectivity index (χ2n) is 2.91. The van der Waals surface area contributed by atoms with Crippen LogP contribution in [0.2, 0.25) is 0 Å². The monoisotopic (exact) mass is 186 g/mol. The summed E-state index contributed by atoms with van der Waals surface area (Å²) >= 11 is 0. The van der Waals surface area contributed by atoms with Crippen LogP contribution in [0.3, 0.4) is 0 Å². The fraction of sp³-hybridized carbons (Fsp3) is 0.167. The Morgan fingerprint density at radius 2 is 2.36 bits per heavy atom. The molecule has 72 valence electrons. The molecule has 0 unspecified atom stereocenters. The van der Waals surface area contributed by atoms with E-state index in [-0.39, 0.29) is 0 Å². The van der Waals surface area contributed by atoms with Gasteiger partial charge >= 0.3 is 0 Å². The van der Waals surface area contributed by atoms with Crippen molar-refractivity contribution in [3.05, 3.63) is 47.9 Å². The lowest BCUT2D eigenvalue weighted by Gasteiger charge is -2.03. The molecule has 0 bridgehead atoms. The Morgan fingerprint density at radius 1 is 1.57 bits per heavy atom. The van der Waals surface area contributed by atoms with E-state index in [2.05, 4.69) is 16.7 Å². The third kappa shape index (κ3) is 2.39. The highest BCUT2D eigenvalue weighted by molar-refractivity contribution is 5.73. The van der Waals surface area contributed by atoms with Gasteiger partial charge in [-0.25, -0.2) is 0 Å². The van der Waals surface area contributed by atoms with Gasteiger partial charge in [-0.15, -0.1) is 0 Å². The summed E-state index contributed by atoms with van der Waals surface area (Å²) in [5.74, 6) is 0. The summed E-state index contributed by atoms with van der Waals surface area (Å²) in [6, 6.07) is 3.97. The quantitative estimate of drug-likeness (QED) is 0.526. The summed E-state index contributed by atoms with van der Waals surface area (Å²) in [5.41, 5.74) is 3.22. The van der Waals surface area contributed by atoms with Crippen molar-refractivity contribution in [1.82, 2.24) is 4.98 Å². The van der Waals surface area contributed by atoms with Crippen molar-refractivity contribution >= 4 is 12.3 Å². The van der Waals surface area contributed by atoms with Gasteiger partial charge in [0.15, 0.2) is 0 Å². The SMILES string of the molecule is C=N/C=C\C(=C/C)c1ncccc1C. The maximum atomic E-state index is 4.32. The van der Waals surface area contributed by atoms with E-state index in [4.69, 9.17) is 0 Å². The van der Waals surface area contributed by atoms with E-state index in [9.17, 15) is 0 Å². The summed E-state index contributed by atoms with van der Waals surface area (Å²) in [6.07, 6.45) is 7.38. The minimum atomic E-state index is 0.995. The number of hydrogen-bond donors (Lipinski definition) is 0. The normalized spacial score (nSPS) is 12.0. The van der Waals surface area contributed by atoms with E-state index in [1.165, 1.54) is 0 Å². The molecule has 0 aromatic carbocycles. The molecule has 0 aliphatic rings. The molecule has 14 heavy (non-hydrogen) atoms. The van der Waals surface area contributed by atoms with Gasteiger partial charge in [-0.3, -0.25) is 9.98 Å². The van der Waals surface area contributed by atoms with Crippen molar-refractivity contribution in [3.8, 4) is 0 Å². The Hall–Kier alpha value is -1.70. The van der Waals surface area contributed by atoms with Crippen LogP contribution in [0.25, 0.3) is 5.57 Å². The largest absolute Gasteiger partial charge is 0.272 e. The second-order valence-corrected chi connectivity index (χ2v) is 2.91. The Kier molecular flexibility index (Phi) is 3.80. The van der Waals surface area contributed by atoms with Gasteiger partial charge in [0.05, 0.1) is 5.69 Å². The Bertz CT molecular complexity index is 376. The van der Waals surface area contributed by atoms with E-state index in [1.807, 2.05) is 38.1 Å². The predicted octanol–water partition coefficient (Wildman–Crippen LogP) is 3.01. The summed E-state index contributed by atoms with van der Waals surface area (Å²) in [4.78, 5) is 8.00. The maximum absolute atomic E-state index is 4.32. The highest BCUT2D eigenvalue weighted by Gasteiger charge is 2.00. The van der Waals surface area contributed by atoms with Crippen molar-refractivity contribution < 1.29 is 0 Å². The van der Waals surface area contributed by atoms with E-state index >= 15 is 0 Å². The fourth-order valence-electron chi connectivity index (χ4n) is 1.23. The average Bonchev–Trinajstić information content (AvgIpc) is 2.21. The summed E-state index contributed by atoms with van der Waals surface area (Å²) in [7, 11) is 0. The first-order valence-corrected chi connectivity index (χ1v) is 4.50. The number of pyridine rings is 1. The topological polar surface area (TPSA) is 25.2 Å². The van der Waals surface area contributed by atoms with Gasteiger partial charge in [-0.2, -0.15) is 0 Å². The molecular weight excluding hydrogens is 172 g/mol. The minimum Gasteiger partial charge on any atom is -0.272 e. The highest BCUT2D eigenvalue weighted by atomic mass is 14.7. The van der Waals surface area contributed by atoms with Crippen LogP contribution >= 0.6 is 0 Å². The highest BCUT2D eigenvalue weighted by Crippen LogP contribution is 2.16. The molecule has 0 atom stereocenters. The molecule has 0 spiro atoms. The lowest BCUT2D eigenvalue weighted by atomic mass is 10.1. The number of allylic oxidation sites excluding steroid dienone is 3. The summed E-state index contributed by atoms with van der Waals surface area (Å²) in [5, 5.41) is 0. The Balaban J connectivity index is 3.08.